The molecule has 1 fully saturated rings. The molecule has 1 aromatic carbocycles. The van der Waals surface area contributed by atoms with Crippen LogP contribution in [0.15, 0.2) is 55.2 Å². The van der Waals surface area contributed by atoms with Crippen LogP contribution in [0.4, 0.5) is 11.5 Å². The van der Waals surface area contributed by atoms with Crippen LogP contribution in [0, 0.1) is 11.3 Å². The molecule has 1 aliphatic rings. The monoisotopic (exact) mass is 420 g/mol. The highest BCUT2D eigenvalue weighted by atomic mass is 16.5. The Balaban J connectivity index is 0.00000193. The minimum absolute atomic E-state index is 0. The van der Waals surface area contributed by atoms with E-state index in [2.05, 4.69) is 20.3 Å². The first-order chi connectivity index (χ1) is 14.9. The molecule has 8 heteroatoms. The average molecular weight is 421 g/mol. The maximum Gasteiger partial charge on any atom is 0.229 e. The summed E-state index contributed by atoms with van der Waals surface area (Å²) in [6.07, 6.45) is 7.30. The third-order valence-corrected chi connectivity index (χ3v) is 5.10. The summed E-state index contributed by atoms with van der Waals surface area (Å²) in [5.41, 5.74) is 8.94. The van der Waals surface area contributed by atoms with E-state index in [-0.39, 0.29) is 32.4 Å². The molecule has 1 aliphatic carbocycles. The molecule has 0 aliphatic heterocycles. The minimum Gasteiger partial charge on any atom is -0.491 e. The normalized spacial score (nSPS) is 17.3. The van der Waals surface area contributed by atoms with E-state index in [0.717, 1.165) is 12.0 Å². The molecule has 1 saturated carbocycles. The van der Waals surface area contributed by atoms with Gasteiger partial charge in [-0.25, -0.2) is 15.0 Å². The van der Waals surface area contributed by atoms with Crippen LogP contribution in [0.5, 0.6) is 5.75 Å². The van der Waals surface area contributed by atoms with Gasteiger partial charge in [-0.3, -0.25) is 10.2 Å². The number of pyridine rings is 1. The van der Waals surface area contributed by atoms with Gasteiger partial charge in [-0.15, -0.1) is 0 Å². The molecular weight excluding hydrogens is 392 g/mol. The number of ether oxygens (including phenoxy) is 1. The Morgan fingerprint density at radius 1 is 1.26 bits per heavy atom. The van der Waals surface area contributed by atoms with Crippen LogP contribution in [-0.2, 0) is 4.79 Å². The lowest BCUT2D eigenvalue weighted by molar-refractivity contribution is -0.117. The molecular formula is C23H28N6O2. The lowest BCUT2D eigenvalue weighted by Gasteiger charge is -2.14. The number of amides is 1. The Morgan fingerprint density at radius 3 is 2.77 bits per heavy atom. The highest BCUT2D eigenvalue weighted by Crippen LogP contribution is 2.47. The molecule has 2 aromatic heterocycles. The lowest BCUT2D eigenvalue weighted by Crippen LogP contribution is -2.16. The maximum absolute atomic E-state index is 12.6. The Morgan fingerprint density at radius 2 is 2.03 bits per heavy atom. The summed E-state index contributed by atoms with van der Waals surface area (Å²) in [6, 6.07) is 8.67. The van der Waals surface area contributed by atoms with Gasteiger partial charge in [0, 0.05) is 44.2 Å². The van der Waals surface area contributed by atoms with E-state index >= 15 is 0 Å². The number of benzene rings is 1. The highest BCUT2D eigenvalue weighted by molar-refractivity contribution is 6.14. The second kappa shape index (κ2) is 8.51. The van der Waals surface area contributed by atoms with Crippen LogP contribution in [-0.4, -0.2) is 32.7 Å². The summed E-state index contributed by atoms with van der Waals surface area (Å²) < 4.78 is 5.72. The Hall–Kier alpha value is -3.81. The van der Waals surface area contributed by atoms with Gasteiger partial charge in [0.1, 0.15) is 17.9 Å². The summed E-state index contributed by atoms with van der Waals surface area (Å²) in [4.78, 5) is 24.9. The molecule has 1 amide bonds. The van der Waals surface area contributed by atoms with Gasteiger partial charge in [-0.1, -0.05) is 0 Å². The first-order valence-electron chi connectivity index (χ1n) is 10.1. The van der Waals surface area contributed by atoms with Crippen LogP contribution >= 0.6 is 0 Å². The van der Waals surface area contributed by atoms with Gasteiger partial charge >= 0.3 is 0 Å². The number of nitrogens with zero attached hydrogens (tertiary/aromatic N) is 3. The number of carbonyl (C=O) groups excluding carboxylic acids is 1. The van der Waals surface area contributed by atoms with E-state index in [1.54, 1.807) is 48.9 Å². The number of nitrogens with one attached hydrogen (secondary N) is 2. The molecule has 4 N–H and O–H groups in total. The molecule has 2 heterocycles. The maximum atomic E-state index is 12.6. The fourth-order valence-corrected chi connectivity index (χ4v) is 3.48. The van der Waals surface area contributed by atoms with E-state index in [1.807, 2.05) is 13.8 Å². The summed E-state index contributed by atoms with van der Waals surface area (Å²) in [5.74, 6) is 0.950. The lowest BCUT2D eigenvalue weighted by atomic mass is 10.0. The van der Waals surface area contributed by atoms with E-state index in [9.17, 15) is 4.79 Å². The van der Waals surface area contributed by atoms with Gasteiger partial charge < -0.3 is 15.8 Å². The molecule has 8 nitrogen and oxygen atoms in total. The molecule has 3 aromatic rings. The van der Waals surface area contributed by atoms with E-state index in [0.29, 0.717) is 28.4 Å². The van der Waals surface area contributed by atoms with Crippen molar-refractivity contribution in [1.82, 2.24) is 15.0 Å². The van der Waals surface area contributed by atoms with Crippen molar-refractivity contribution in [3.05, 3.63) is 71.9 Å². The fraction of sp³-hybridized carbons (Fsp3) is 0.261. The molecule has 2 atom stereocenters. The van der Waals surface area contributed by atoms with Crippen molar-refractivity contribution in [2.45, 2.75) is 32.3 Å². The molecule has 31 heavy (non-hydrogen) atoms. The van der Waals surface area contributed by atoms with E-state index in [4.69, 9.17) is 15.9 Å². The number of hydrogen-bond acceptors (Lipinski definition) is 7. The quantitative estimate of drug-likeness (QED) is 0.393. The Kier molecular flexibility index (Phi) is 5.62. The predicted octanol–water partition coefficient (Wildman–Crippen LogP) is 3.89. The standard InChI is InChI=1S/C23H24N6O2.2H2/c1-13(2)31-16-3-4-20(24)19(8-16)22(25)14-5-6-28-21(7-14)29-23(30)18-9-17(18)15-10-26-12-27-11-15;;/h3-8,10-13,17-18,25H,9,24H2,1-2H3,(H,28,29,30);2*1H. The summed E-state index contributed by atoms with van der Waals surface area (Å²) in [7, 11) is 0. The molecule has 0 spiro atoms. The van der Waals surface area contributed by atoms with Crippen LogP contribution in [0.2, 0.25) is 0 Å². The van der Waals surface area contributed by atoms with Crippen molar-refractivity contribution in [2.75, 3.05) is 11.1 Å². The van der Waals surface area contributed by atoms with Gasteiger partial charge in [0.2, 0.25) is 5.91 Å². The summed E-state index contributed by atoms with van der Waals surface area (Å²) in [6.45, 7) is 3.88. The van der Waals surface area contributed by atoms with Crippen molar-refractivity contribution in [3.63, 3.8) is 0 Å². The van der Waals surface area contributed by atoms with Gasteiger partial charge in [-0.2, -0.15) is 0 Å². The molecule has 4 rings (SSSR count). The molecule has 2 unspecified atom stereocenters. The topological polar surface area (TPSA) is 127 Å². The third-order valence-electron chi connectivity index (χ3n) is 5.10. The first kappa shape index (κ1) is 20.5. The number of hydrogen-bond donors (Lipinski definition) is 3. The van der Waals surface area contributed by atoms with Crippen LogP contribution in [0.3, 0.4) is 0 Å². The number of rotatable bonds is 7. The van der Waals surface area contributed by atoms with E-state index < -0.39 is 0 Å². The van der Waals surface area contributed by atoms with E-state index in [1.165, 1.54) is 6.33 Å². The summed E-state index contributed by atoms with van der Waals surface area (Å²) >= 11 is 0. The van der Waals surface area contributed by atoms with Crippen LogP contribution in [0.25, 0.3) is 0 Å². The zero-order valence-corrected chi connectivity index (χ0v) is 17.4. The Bertz CT molecular complexity index is 1130. The number of nitrogens with two attached hydrogens (primary N) is 1. The van der Waals surface area contributed by atoms with Crippen molar-refractivity contribution in [3.8, 4) is 5.75 Å². The third kappa shape index (κ3) is 4.69. The predicted molar refractivity (Wildman–Crippen MR) is 123 cm³/mol. The fourth-order valence-electron chi connectivity index (χ4n) is 3.48. The van der Waals surface area contributed by atoms with Gasteiger partial charge in [0.25, 0.3) is 0 Å². The summed E-state index contributed by atoms with van der Waals surface area (Å²) in [5, 5.41) is 11.5. The molecule has 0 bridgehead atoms. The second-order valence-corrected chi connectivity index (χ2v) is 7.83. The largest absolute Gasteiger partial charge is 0.491 e. The Labute approximate surface area is 183 Å². The average Bonchev–Trinajstić information content (AvgIpc) is 3.56. The van der Waals surface area contributed by atoms with Crippen LogP contribution in [0.1, 0.15) is 45.7 Å². The zero-order chi connectivity index (χ0) is 22.0. The number of nitrogen functional groups attached to an aromatic ring is 1. The van der Waals surface area contributed by atoms with Crippen molar-refractivity contribution in [1.29, 1.82) is 5.41 Å². The molecule has 162 valence electrons. The number of aromatic nitrogens is 3. The highest BCUT2D eigenvalue weighted by Gasteiger charge is 2.44. The van der Waals surface area contributed by atoms with Gasteiger partial charge in [0.05, 0.1) is 11.8 Å². The minimum atomic E-state index is -0.128. The number of carbonyl (C=O) groups is 1. The van der Waals surface area contributed by atoms with Crippen molar-refractivity contribution < 1.29 is 12.4 Å². The molecule has 0 saturated heterocycles. The second-order valence-electron chi connectivity index (χ2n) is 7.83. The number of anilines is 2. The van der Waals surface area contributed by atoms with Crippen LogP contribution < -0.4 is 15.8 Å². The van der Waals surface area contributed by atoms with Gasteiger partial charge in [0.15, 0.2) is 0 Å². The van der Waals surface area contributed by atoms with Gasteiger partial charge in [-0.05, 0) is 62.1 Å². The SMILES string of the molecule is CC(C)Oc1ccc(N)c(C(=N)c2ccnc(NC(=O)C3CC3c3cncnc3)c2)c1.[HH].[HH]. The zero-order valence-electron chi connectivity index (χ0n) is 17.4. The van der Waals surface area contributed by atoms with Crippen molar-refractivity contribution >= 4 is 23.1 Å². The molecule has 0 radical (unpaired) electrons. The van der Waals surface area contributed by atoms with Crippen molar-refractivity contribution in [2.24, 2.45) is 5.92 Å². The first-order valence-corrected chi connectivity index (χ1v) is 10.1. The smallest absolute Gasteiger partial charge is 0.229 e.